The van der Waals surface area contributed by atoms with Gasteiger partial charge in [0.25, 0.3) is 0 Å². The fourth-order valence-electron chi connectivity index (χ4n) is 3.56. The summed E-state index contributed by atoms with van der Waals surface area (Å²) in [7, 11) is 0. The molecule has 0 fully saturated rings. The minimum absolute atomic E-state index is 0.423. The lowest BCUT2D eigenvalue weighted by atomic mass is 10.0. The maximum absolute atomic E-state index is 8.97. The standard InChI is InChI=1S/C25H18N6/c26-13-19-14-27-25(28-15-19)30-21-11-22(20-9-5-2-6-10-20)24-23(12-21)31(17-29-24)16-18-7-3-1-4-8-18/h1-12,14-15,17H,16H2,(H,27,28,30). The second-order valence-electron chi connectivity index (χ2n) is 7.15. The topological polar surface area (TPSA) is 79.4 Å². The van der Waals surface area contributed by atoms with Crippen LogP contribution in [0, 0.1) is 11.3 Å². The van der Waals surface area contributed by atoms with Crippen molar-refractivity contribution in [1.29, 1.82) is 5.26 Å². The lowest BCUT2D eigenvalue weighted by molar-refractivity contribution is 0.824. The Hall–Kier alpha value is -4.50. The first-order valence-corrected chi connectivity index (χ1v) is 9.87. The highest BCUT2D eigenvalue weighted by molar-refractivity contribution is 5.95. The zero-order chi connectivity index (χ0) is 21.0. The van der Waals surface area contributed by atoms with Crippen molar-refractivity contribution in [2.24, 2.45) is 0 Å². The monoisotopic (exact) mass is 402 g/mol. The van der Waals surface area contributed by atoms with E-state index in [1.807, 2.05) is 48.8 Å². The van der Waals surface area contributed by atoms with Crippen molar-refractivity contribution in [2.75, 3.05) is 5.32 Å². The van der Waals surface area contributed by atoms with Crippen LogP contribution in [0.5, 0.6) is 0 Å². The van der Waals surface area contributed by atoms with Crippen LogP contribution in [0.25, 0.3) is 22.2 Å². The summed E-state index contributed by atoms with van der Waals surface area (Å²) in [4.78, 5) is 13.2. The van der Waals surface area contributed by atoms with Gasteiger partial charge in [0.15, 0.2) is 0 Å². The lowest BCUT2D eigenvalue weighted by Crippen LogP contribution is -2.00. The number of hydrogen-bond donors (Lipinski definition) is 1. The van der Waals surface area contributed by atoms with Gasteiger partial charge in [-0.3, -0.25) is 0 Å². The fourth-order valence-corrected chi connectivity index (χ4v) is 3.56. The molecule has 0 bridgehead atoms. The molecule has 2 aromatic heterocycles. The molecule has 1 N–H and O–H groups in total. The lowest BCUT2D eigenvalue weighted by Gasteiger charge is -2.11. The Morgan fingerprint density at radius 2 is 1.58 bits per heavy atom. The number of aromatic nitrogens is 4. The van der Waals surface area contributed by atoms with Crippen molar-refractivity contribution in [3.63, 3.8) is 0 Å². The summed E-state index contributed by atoms with van der Waals surface area (Å²) in [5.41, 5.74) is 6.55. The quantitative estimate of drug-likeness (QED) is 0.439. The summed E-state index contributed by atoms with van der Waals surface area (Å²) < 4.78 is 2.14. The molecule has 0 aliphatic heterocycles. The van der Waals surface area contributed by atoms with E-state index >= 15 is 0 Å². The molecule has 6 heteroatoms. The molecule has 148 valence electrons. The third-order valence-electron chi connectivity index (χ3n) is 5.04. The molecule has 5 rings (SSSR count). The minimum Gasteiger partial charge on any atom is -0.326 e. The number of nitrogens with zero attached hydrogens (tertiary/aromatic N) is 5. The summed E-state index contributed by atoms with van der Waals surface area (Å²) >= 11 is 0. The molecule has 31 heavy (non-hydrogen) atoms. The maximum atomic E-state index is 8.97. The molecule has 0 unspecified atom stereocenters. The third kappa shape index (κ3) is 3.85. The predicted molar refractivity (Wildman–Crippen MR) is 121 cm³/mol. The van der Waals surface area contributed by atoms with Gasteiger partial charge < -0.3 is 9.88 Å². The first-order chi connectivity index (χ1) is 15.3. The second-order valence-corrected chi connectivity index (χ2v) is 7.15. The fraction of sp³-hybridized carbons (Fsp3) is 0.0400. The van der Waals surface area contributed by atoms with Crippen molar-refractivity contribution in [3.05, 3.63) is 103 Å². The molecule has 0 aliphatic carbocycles. The molecule has 0 saturated carbocycles. The highest BCUT2D eigenvalue weighted by atomic mass is 15.1. The highest BCUT2D eigenvalue weighted by Crippen LogP contribution is 2.32. The number of fused-ring (bicyclic) bond motifs is 1. The van der Waals surface area contributed by atoms with Crippen LogP contribution in [0.3, 0.4) is 0 Å². The van der Waals surface area contributed by atoms with Gasteiger partial charge in [0.1, 0.15) is 6.07 Å². The third-order valence-corrected chi connectivity index (χ3v) is 5.04. The zero-order valence-electron chi connectivity index (χ0n) is 16.6. The molecule has 5 aromatic rings. The van der Waals surface area contributed by atoms with Gasteiger partial charge in [-0.1, -0.05) is 60.7 Å². The van der Waals surface area contributed by atoms with Gasteiger partial charge in [0, 0.05) is 17.8 Å². The van der Waals surface area contributed by atoms with Gasteiger partial charge in [-0.2, -0.15) is 5.26 Å². The van der Waals surface area contributed by atoms with Crippen molar-refractivity contribution in [1.82, 2.24) is 19.5 Å². The Labute approximate surface area is 179 Å². The summed E-state index contributed by atoms with van der Waals surface area (Å²) in [6, 6.07) is 26.7. The van der Waals surface area contributed by atoms with Crippen LogP contribution in [0.2, 0.25) is 0 Å². The number of anilines is 2. The molecule has 0 amide bonds. The normalized spacial score (nSPS) is 10.7. The number of nitriles is 1. The van der Waals surface area contributed by atoms with Gasteiger partial charge in [0.05, 0.1) is 35.3 Å². The number of nitrogens with one attached hydrogen (secondary N) is 1. The average molecular weight is 402 g/mol. The van der Waals surface area contributed by atoms with E-state index in [2.05, 4.69) is 56.3 Å². The predicted octanol–water partition coefficient (Wildman–Crippen LogP) is 5.16. The van der Waals surface area contributed by atoms with Crippen molar-refractivity contribution in [2.45, 2.75) is 6.54 Å². The molecule has 0 saturated heterocycles. The zero-order valence-corrected chi connectivity index (χ0v) is 16.6. The van der Waals surface area contributed by atoms with Crippen LogP contribution in [0.15, 0.2) is 91.5 Å². The number of imidazole rings is 1. The maximum Gasteiger partial charge on any atom is 0.227 e. The SMILES string of the molecule is N#Cc1cnc(Nc2cc(-c3ccccc3)c3ncn(Cc4ccccc4)c3c2)nc1. The van der Waals surface area contributed by atoms with E-state index in [-0.39, 0.29) is 0 Å². The smallest absolute Gasteiger partial charge is 0.227 e. The average Bonchev–Trinajstić information content (AvgIpc) is 3.23. The van der Waals surface area contributed by atoms with E-state index in [1.54, 1.807) is 0 Å². The Balaban J connectivity index is 1.61. The van der Waals surface area contributed by atoms with Crippen molar-refractivity contribution in [3.8, 4) is 17.2 Å². The Morgan fingerprint density at radius 1 is 0.871 bits per heavy atom. The first kappa shape index (κ1) is 18.5. The van der Waals surface area contributed by atoms with Crippen molar-refractivity contribution >= 4 is 22.7 Å². The van der Waals surface area contributed by atoms with E-state index in [1.165, 1.54) is 18.0 Å². The van der Waals surface area contributed by atoms with E-state index in [9.17, 15) is 0 Å². The summed E-state index contributed by atoms with van der Waals surface area (Å²) in [5, 5.41) is 12.2. The molecule has 0 aliphatic rings. The van der Waals surface area contributed by atoms with Gasteiger partial charge in [-0.05, 0) is 23.3 Å². The summed E-state index contributed by atoms with van der Waals surface area (Å²) in [6.07, 6.45) is 4.89. The Kier molecular flexibility index (Phi) is 4.83. The molecule has 0 atom stereocenters. The molecular weight excluding hydrogens is 384 g/mol. The Bertz CT molecular complexity index is 1370. The van der Waals surface area contributed by atoms with Crippen molar-refractivity contribution < 1.29 is 0 Å². The molecule has 0 spiro atoms. The van der Waals surface area contributed by atoms with Crippen LogP contribution >= 0.6 is 0 Å². The number of rotatable bonds is 5. The number of hydrogen-bond acceptors (Lipinski definition) is 5. The van der Waals surface area contributed by atoms with E-state index in [0.717, 1.165) is 34.4 Å². The van der Waals surface area contributed by atoms with Crippen LogP contribution in [0.4, 0.5) is 11.6 Å². The second kappa shape index (κ2) is 8.09. The molecule has 2 heterocycles. The molecule has 0 radical (unpaired) electrons. The van der Waals surface area contributed by atoms with Gasteiger partial charge in [-0.25, -0.2) is 15.0 Å². The Morgan fingerprint density at radius 3 is 2.29 bits per heavy atom. The van der Waals surface area contributed by atoms with Crippen LogP contribution < -0.4 is 5.32 Å². The van der Waals surface area contributed by atoms with Gasteiger partial charge in [-0.15, -0.1) is 0 Å². The first-order valence-electron chi connectivity index (χ1n) is 9.87. The van der Waals surface area contributed by atoms with Gasteiger partial charge in [0.2, 0.25) is 5.95 Å². The van der Waals surface area contributed by atoms with Gasteiger partial charge >= 0.3 is 0 Å². The van der Waals surface area contributed by atoms with E-state index < -0.39 is 0 Å². The molecular formula is C25H18N6. The van der Waals surface area contributed by atoms with Crippen LogP contribution in [0.1, 0.15) is 11.1 Å². The van der Waals surface area contributed by atoms with E-state index in [0.29, 0.717) is 11.5 Å². The summed E-state index contributed by atoms with van der Waals surface area (Å²) in [6.45, 7) is 0.725. The highest BCUT2D eigenvalue weighted by Gasteiger charge is 2.13. The largest absolute Gasteiger partial charge is 0.326 e. The van der Waals surface area contributed by atoms with Crippen LogP contribution in [-0.2, 0) is 6.54 Å². The number of benzene rings is 3. The molecule has 3 aromatic carbocycles. The summed E-state index contributed by atoms with van der Waals surface area (Å²) in [5.74, 6) is 0.437. The molecule has 6 nitrogen and oxygen atoms in total. The minimum atomic E-state index is 0.423. The van der Waals surface area contributed by atoms with E-state index in [4.69, 9.17) is 10.2 Å². The van der Waals surface area contributed by atoms with Crippen LogP contribution in [-0.4, -0.2) is 19.5 Å².